The van der Waals surface area contributed by atoms with Crippen LogP contribution in [0.15, 0.2) is 0 Å². The standard InChI is InChI=1S/C11H20N2O5/c14-11(17-9-1-5-12(15)6-2-9)18-10-3-7-13(16)8-4-10/h9-10,15-16H,1-8H2. The second kappa shape index (κ2) is 6.33. The van der Waals surface area contributed by atoms with E-state index in [-0.39, 0.29) is 12.2 Å². The number of piperidine rings is 2. The summed E-state index contributed by atoms with van der Waals surface area (Å²) < 4.78 is 10.4. The molecule has 7 heteroatoms. The van der Waals surface area contributed by atoms with E-state index in [4.69, 9.17) is 9.47 Å². The smallest absolute Gasteiger partial charge is 0.431 e. The minimum Gasteiger partial charge on any atom is -0.431 e. The quantitative estimate of drug-likeness (QED) is 0.712. The zero-order valence-electron chi connectivity index (χ0n) is 10.3. The summed E-state index contributed by atoms with van der Waals surface area (Å²) in [7, 11) is 0. The van der Waals surface area contributed by atoms with Crippen LogP contribution in [0.4, 0.5) is 4.79 Å². The van der Waals surface area contributed by atoms with Gasteiger partial charge in [-0.1, -0.05) is 0 Å². The third-order valence-corrected chi connectivity index (χ3v) is 3.36. The summed E-state index contributed by atoms with van der Waals surface area (Å²) in [5.41, 5.74) is 0. The van der Waals surface area contributed by atoms with Crippen LogP contribution in [0.25, 0.3) is 0 Å². The maximum atomic E-state index is 11.5. The molecule has 0 aliphatic carbocycles. The Morgan fingerprint density at radius 2 is 1.17 bits per heavy atom. The highest BCUT2D eigenvalue weighted by Crippen LogP contribution is 2.16. The number of hydrogen-bond acceptors (Lipinski definition) is 7. The number of ether oxygens (including phenoxy) is 2. The number of carbonyl (C=O) groups excluding carboxylic acids is 1. The van der Waals surface area contributed by atoms with E-state index < -0.39 is 6.16 Å². The Kier molecular flexibility index (Phi) is 4.76. The fourth-order valence-corrected chi connectivity index (χ4v) is 2.22. The van der Waals surface area contributed by atoms with Gasteiger partial charge in [-0.15, -0.1) is 0 Å². The van der Waals surface area contributed by atoms with Gasteiger partial charge in [-0.05, 0) is 25.7 Å². The summed E-state index contributed by atoms with van der Waals surface area (Å²) >= 11 is 0. The van der Waals surface area contributed by atoms with E-state index in [1.54, 1.807) is 0 Å². The second-order valence-corrected chi connectivity index (χ2v) is 4.79. The molecule has 2 saturated heterocycles. The third kappa shape index (κ3) is 4.09. The Bertz CT molecular complexity index is 247. The summed E-state index contributed by atoms with van der Waals surface area (Å²) in [5.74, 6) is 0. The highest BCUT2D eigenvalue weighted by atomic mass is 16.7. The van der Waals surface area contributed by atoms with E-state index >= 15 is 0 Å². The van der Waals surface area contributed by atoms with Gasteiger partial charge in [-0.3, -0.25) is 0 Å². The van der Waals surface area contributed by atoms with E-state index in [2.05, 4.69) is 0 Å². The highest BCUT2D eigenvalue weighted by Gasteiger charge is 2.25. The van der Waals surface area contributed by atoms with Gasteiger partial charge in [0.2, 0.25) is 0 Å². The van der Waals surface area contributed by atoms with E-state index in [1.165, 1.54) is 10.1 Å². The Balaban J connectivity index is 1.66. The molecule has 2 fully saturated rings. The van der Waals surface area contributed by atoms with Crippen molar-refractivity contribution in [2.45, 2.75) is 37.9 Å². The van der Waals surface area contributed by atoms with Crippen molar-refractivity contribution in [3.8, 4) is 0 Å². The largest absolute Gasteiger partial charge is 0.508 e. The SMILES string of the molecule is O=C(OC1CCN(O)CC1)OC1CCN(O)CC1. The van der Waals surface area contributed by atoms with E-state index in [0.29, 0.717) is 51.9 Å². The lowest BCUT2D eigenvalue weighted by Crippen LogP contribution is -2.38. The number of hydroxylamine groups is 4. The maximum Gasteiger partial charge on any atom is 0.508 e. The molecule has 7 nitrogen and oxygen atoms in total. The van der Waals surface area contributed by atoms with E-state index in [1.807, 2.05) is 0 Å². The van der Waals surface area contributed by atoms with E-state index in [9.17, 15) is 15.2 Å². The van der Waals surface area contributed by atoms with Gasteiger partial charge in [0.05, 0.1) is 0 Å². The van der Waals surface area contributed by atoms with Crippen LogP contribution >= 0.6 is 0 Å². The molecule has 2 rings (SSSR count). The average Bonchev–Trinajstić information content (AvgIpc) is 2.35. The molecule has 0 aromatic rings. The fourth-order valence-electron chi connectivity index (χ4n) is 2.22. The minimum absolute atomic E-state index is 0.168. The molecule has 0 bridgehead atoms. The van der Waals surface area contributed by atoms with Crippen LogP contribution in [-0.4, -0.2) is 65.1 Å². The molecule has 104 valence electrons. The van der Waals surface area contributed by atoms with Crippen LogP contribution in [0.1, 0.15) is 25.7 Å². The van der Waals surface area contributed by atoms with Crippen molar-refractivity contribution >= 4 is 6.16 Å². The lowest BCUT2D eigenvalue weighted by molar-refractivity contribution is -0.136. The molecule has 0 radical (unpaired) electrons. The van der Waals surface area contributed by atoms with Crippen molar-refractivity contribution in [1.82, 2.24) is 10.1 Å². The number of nitrogens with zero attached hydrogens (tertiary/aromatic N) is 2. The van der Waals surface area contributed by atoms with Crippen molar-refractivity contribution in [3.05, 3.63) is 0 Å². The number of carbonyl (C=O) groups is 1. The molecular weight excluding hydrogens is 240 g/mol. The fraction of sp³-hybridized carbons (Fsp3) is 0.909. The summed E-state index contributed by atoms with van der Waals surface area (Å²) in [4.78, 5) is 11.5. The summed E-state index contributed by atoms with van der Waals surface area (Å²) in [6.45, 7) is 2.06. The van der Waals surface area contributed by atoms with Crippen LogP contribution < -0.4 is 0 Å². The van der Waals surface area contributed by atoms with Crippen molar-refractivity contribution in [2.75, 3.05) is 26.2 Å². The van der Waals surface area contributed by atoms with Gasteiger partial charge in [-0.25, -0.2) is 4.79 Å². The molecule has 18 heavy (non-hydrogen) atoms. The molecule has 0 aromatic heterocycles. The van der Waals surface area contributed by atoms with Crippen molar-refractivity contribution in [3.63, 3.8) is 0 Å². The first-order valence-corrected chi connectivity index (χ1v) is 6.38. The Morgan fingerprint density at radius 3 is 1.50 bits per heavy atom. The highest BCUT2D eigenvalue weighted by molar-refractivity contribution is 5.60. The monoisotopic (exact) mass is 260 g/mol. The molecule has 0 aromatic carbocycles. The first kappa shape index (κ1) is 13.5. The van der Waals surface area contributed by atoms with Crippen LogP contribution in [0.2, 0.25) is 0 Å². The van der Waals surface area contributed by atoms with Crippen molar-refractivity contribution in [1.29, 1.82) is 0 Å². The Labute approximate surface area is 106 Å². The summed E-state index contributed by atoms with van der Waals surface area (Å²) in [5, 5.41) is 20.8. The first-order valence-electron chi connectivity index (χ1n) is 6.38. The van der Waals surface area contributed by atoms with E-state index in [0.717, 1.165) is 0 Å². The summed E-state index contributed by atoms with van der Waals surface area (Å²) in [6.07, 6.45) is 1.53. The normalized spacial score (nSPS) is 25.0. The van der Waals surface area contributed by atoms with Gasteiger partial charge in [0, 0.05) is 26.2 Å². The number of rotatable bonds is 2. The topological polar surface area (TPSA) is 82.5 Å². The Hall–Kier alpha value is -0.890. The lowest BCUT2D eigenvalue weighted by atomic mass is 10.1. The summed E-state index contributed by atoms with van der Waals surface area (Å²) in [6, 6.07) is 0. The predicted octanol–water partition coefficient (Wildman–Crippen LogP) is 0.847. The van der Waals surface area contributed by atoms with Crippen molar-refractivity contribution < 1.29 is 24.7 Å². The van der Waals surface area contributed by atoms with Crippen LogP contribution in [-0.2, 0) is 9.47 Å². The molecule has 0 atom stereocenters. The van der Waals surface area contributed by atoms with Crippen molar-refractivity contribution in [2.24, 2.45) is 0 Å². The van der Waals surface area contributed by atoms with Gasteiger partial charge in [0.15, 0.2) is 0 Å². The number of hydrogen-bond donors (Lipinski definition) is 2. The zero-order chi connectivity index (χ0) is 13.0. The van der Waals surface area contributed by atoms with Gasteiger partial charge in [0.1, 0.15) is 12.2 Å². The zero-order valence-corrected chi connectivity index (χ0v) is 10.3. The van der Waals surface area contributed by atoms with Gasteiger partial charge >= 0.3 is 6.16 Å². The van der Waals surface area contributed by atoms with Crippen LogP contribution in [0.3, 0.4) is 0 Å². The predicted molar refractivity (Wildman–Crippen MR) is 60.3 cm³/mol. The molecule has 2 aliphatic heterocycles. The van der Waals surface area contributed by atoms with Crippen LogP contribution in [0, 0.1) is 0 Å². The second-order valence-electron chi connectivity index (χ2n) is 4.79. The minimum atomic E-state index is -0.636. The molecule has 0 spiro atoms. The molecule has 0 amide bonds. The average molecular weight is 260 g/mol. The third-order valence-electron chi connectivity index (χ3n) is 3.36. The molecule has 2 heterocycles. The first-order chi connectivity index (χ1) is 8.63. The lowest BCUT2D eigenvalue weighted by Gasteiger charge is -2.29. The molecule has 0 unspecified atom stereocenters. The maximum absolute atomic E-state index is 11.5. The molecular formula is C11H20N2O5. The molecule has 2 N–H and O–H groups in total. The molecule has 2 aliphatic rings. The van der Waals surface area contributed by atoms with Gasteiger partial charge in [-0.2, -0.15) is 10.1 Å². The van der Waals surface area contributed by atoms with Gasteiger partial charge < -0.3 is 19.9 Å². The molecule has 0 saturated carbocycles. The Morgan fingerprint density at radius 1 is 0.833 bits per heavy atom. The van der Waals surface area contributed by atoms with Crippen LogP contribution in [0.5, 0.6) is 0 Å². The van der Waals surface area contributed by atoms with Gasteiger partial charge in [0.25, 0.3) is 0 Å².